The number of rotatable bonds is 9. The molecule has 13 heteroatoms. The monoisotopic (exact) mass is 488 g/mol. The molecule has 0 amide bonds. The molecule has 0 fully saturated rings. The van der Waals surface area contributed by atoms with Gasteiger partial charge in [0.05, 0.1) is 38.1 Å². The first kappa shape index (κ1) is 23.3. The predicted molar refractivity (Wildman–Crippen MR) is 118 cm³/mol. The summed E-state index contributed by atoms with van der Waals surface area (Å²) in [6.07, 6.45) is 4.80. The lowest BCUT2D eigenvalue weighted by Crippen LogP contribution is -2.24. The summed E-state index contributed by atoms with van der Waals surface area (Å²) in [6, 6.07) is 5.13. The quantitative estimate of drug-likeness (QED) is 0.345. The first-order valence-corrected chi connectivity index (χ1v) is 11.8. The van der Waals surface area contributed by atoms with E-state index >= 15 is 0 Å². The summed E-state index contributed by atoms with van der Waals surface area (Å²) in [7, 11) is -0.815. The maximum atomic E-state index is 13.2. The number of methoxy groups -OCH3 is 2. The fourth-order valence-corrected chi connectivity index (χ4v) is 4.55. The third kappa shape index (κ3) is 4.59. The first-order valence-electron chi connectivity index (χ1n) is 10.1. The van der Waals surface area contributed by atoms with Gasteiger partial charge in [0.25, 0.3) is 5.89 Å². The lowest BCUT2D eigenvalue weighted by molar-refractivity contribution is 0.390. The van der Waals surface area contributed by atoms with E-state index in [0.29, 0.717) is 17.2 Å². The highest BCUT2D eigenvalue weighted by molar-refractivity contribution is 7.91. The van der Waals surface area contributed by atoms with Crippen molar-refractivity contribution in [3.63, 3.8) is 0 Å². The fourth-order valence-electron chi connectivity index (χ4n) is 3.32. The van der Waals surface area contributed by atoms with Crippen LogP contribution in [0, 0.1) is 5.82 Å². The average molecular weight is 489 g/mol. The van der Waals surface area contributed by atoms with Crippen molar-refractivity contribution in [3.8, 4) is 28.9 Å². The van der Waals surface area contributed by atoms with Crippen molar-refractivity contribution in [2.75, 3.05) is 14.2 Å². The number of halogens is 1. The molecule has 178 valence electrons. The van der Waals surface area contributed by atoms with Gasteiger partial charge in [-0.2, -0.15) is 0 Å². The van der Waals surface area contributed by atoms with Crippen molar-refractivity contribution in [2.24, 2.45) is 0 Å². The number of sulfone groups is 1. The molecule has 4 rings (SSSR count). The molecule has 1 atom stereocenters. The minimum absolute atomic E-state index is 0.00132. The van der Waals surface area contributed by atoms with Gasteiger partial charge in [0.15, 0.2) is 21.5 Å². The maximum Gasteiger partial charge on any atom is 0.265 e. The molecular weight excluding hydrogens is 467 g/mol. The van der Waals surface area contributed by atoms with Gasteiger partial charge in [-0.3, -0.25) is 4.57 Å². The van der Waals surface area contributed by atoms with E-state index in [0.717, 1.165) is 12.4 Å². The summed E-state index contributed by atoms with van der Waals surface area (Å²) in [5.41, 5.74) is 0.394. The van der Waals surface area contributed by atoms with Gasteiger partial charge in [0.1, 0.15) is 35.0 Å². The van der Waals surface area contributed by atoms with Crippen LogP contribution >= 0.6 is 0 Å². The molecule has 0 N–H and O–H groups in total. The number of benzene rings is 1. The minimum atomic E-state index is -3.78. The highest BCUT2D eigenvalue weighted by Crippen LogP contribution is 2.36. The fraction of sp³-hybridized carbons (Fsp3) is 0.286. The molecule has 0 saturated carbocycles. The van der Waals surface area contributed by atoms with Gasteiger partial charge in [-0.25, -0.2) is 27.8 Å². The standard InChI is InChI=1S/C21H21FN6O5S/c1-13(9-17-24-10-14(22)11-25-17)34(29,30)12-18-26-27-20(21-23-7-8-33-21)28(18)19-15(31-2)5-4-6-16(19)32-3/h4-8,10-11,13H,9,12H2,1-3H3/t13-/m1/s1. The van der Waals surface area contributed by atoms with Crippen molar-refractivity contribution in [1.29, 1.82) is 0 Å². The Bertz CT molecular complexity index is 1350. The van der Waals surface area contributed by atoms with Gasteiger partial charge < -0.3 is 13.9 Å². The minimum Gasteiger partial charge on any atom is -0.494 e. The second-order valence-corrected chi connectivity index (χ2v) is 9.68. The zero-order valence-electron chi connectivity index (χ0n) is 18.5. The van der Waals surface area contributed by atoms with Crippen molar-refractivity contribution in [2.45, 2.75) is 24.3 Å². The van der Waals surface area contributed by atoms with Gasteiger partial charge in [-0.05, 0) is 19.1 Å². The smallest absolute Gasteiger partial charge is 0.265 e. The highest BCUT2D eigenvalue weighted by atomic mass is 32.2. The Morgan fingerprint density at radius 3 is 2.35 bits per heavy atom. The number of oxazole rings is 1. The molecule has 0 bridgehead atoms. The van der Waals surface area contributed by atoms with E-state index < -0.39 is 26.7 Å². The summed E-state index contributed by atoms with van der Waals surface area (Å²) in [5.74, 6) is 0.358. The molecule has 1 aromatic carbocycles. The molecular formula is C21H21FN6O5S. The number of aromatic nitrogens is 6. The zero-order valence-corrected chi connectivity index (χ0v) is 19.4. The Hall–Kier alpha value is -3.87. The topological polar surface area (TPSA) is 135 Å². The molecule has 0 spiro atoms. The van der Waals surface area contributed by atoms with Crippen LogP contribution in [0.4, 0.5) is 4.39 Å². The van der Waals surface area contributed by atoms with Gasteiger partial charge in [-0.15, -0.1) is 10.2 Å². The summed E-state index contributed by atoms with van der Waals surface area (Å²) in [5, 5.41) is 7.38. The summed E-state index contributed by atoms with van der Waals surface area (Å²) in [6.45, 7) is 1.53. The Kier molecular flexibility index (Phi) is 6.54. The van der Waals surface area contributed by atoms with Gasteiger partial charge in [-0.1, -0.05) is 6.07 Å². The Morgan fingerprint density at radius 2 is 1.76 bits per heavy atom. The van der Waals surface area contributed by atoms with Crippen LogP contribution in [0.2, 0.25) is 0 Å². The number of nitrogens with zero attached hydrogens (tertiary/aromatic N) is 6. The molecule has 0 aliphatic rings. The third-order valence-electron chi connectivity index (χ3n) is 5.07. The number of hydrogen-bond donors (Lipinski definition) is 0. The van der Waals surface area contributed by atoms with Crippen molar-refractivity contribution in [3.05, 3.63) is 60.5 Å². The normalized spacial score (nSPS) is 12.5. The van der Waals surface area contributed by atoms with Gasteiger partial charge in [0.2, 0.25) is 5.82 Å². The van der Waals surface area contributed by atoms with E-state index in [9.17, 15) is 12.8 Å². The van der Waals surface area contributed by atoms with Crippen LogP contribution in [0.3, 0.4) is 0 Å². The second kappa shape index (κ2) is 9.55. The van der Waals surface area contributed by atoms with Crippen molar-refractivity contribution >= 4 is 9.84 Å². The van der Waals surface area contributed by atoms with E-state index in [-0.39, 0.29) is 29.8 Å². The largest absolute Gasteiger partial charge is 0.494 e. The van der Waals surface area contributed by atoms with Crippen LogP contribution in [-0.4, -0.2) is 57.6 Å². The zero-order chi connectivity index (χ0) is 24.3. The lowest BCUT2D eigenvalue weighted by Gasteiger charge is -2.17. The number of ether oxygens (including phenoxy) is 2. The first-order chi connectivity index (χ1) is 16.3. The van der Waals surface area contributed by atoms with Crippen LogP contribution in [0.1, 0.15) is 18.6 Å². The van der Waals surface area contributed by atoms with Crippen molar-refractivity contribution in [1.82, 2.24) is 29.7 Å². The molecule has 34 heavy (non-hydrogen) atoms. The van der Waals surface area contributed by atoms with Crippen LogP contribution in [0.5, 0.6) is 11.5 Å². The van der Waals surface area contributed by atoms with Gasteiger partial charge >= 0.3 is 0 Å². The van der Waals surface area contributed by atoms with Crippen LogP contribution in [-0.2, 0) is 22.0 Å². The van der Waals surface area contributed by atoms with Crippen LogP contribution in [0.15, 0.2) is 47.5 Å². The van der Waals surface area contributed by atoms with E-state index in [1.54, 1.807) is 18.2 Å². The molecule has 4 aromatic rings. The lowest BCUT2D eigenvalue weighted by atomic mass is 10.2. The molecule has 3 heterocycles. The van der Waals surface area contributed by atoms with Gasteiger partial charge in [0, 0.05) is 6.42 Å². The SMILES string of the molecule is COc1cccc(OC)c1-n1c(CS(=O)(=O)[C@H](C)Cc2ncc(F)cn2)nnc1-c1ncco1. The van der Waals surface area contributed by atoms with Crippen molar-refractivity contribution < 1.29 is 26.7 Å². The second-order valence-electron chi connectivity index (χ2n) is 7.26. The number of para-hydroxylation sites is 1. The summed E-state index contributed by atoms with van der Waals surface area (Å²) >= 11 is 0. The van der Waals surface area contributed by atoms with Crippen LogP contribution in [0.25, 0.3) is 17.4 Å². The molecule has 0 saturated heterocycles. The molecule has 3 aromatic heterocycles. The average Bonchev–Trinajstić information content (AvgIpc) is 3.49. The maximum absolute atomic E-state index is 13.2. The Balaban J connectivity index is 1.77. The Labute approximate surface area is 194 Å². The highest BCUT2D eigenvalue weighted by Gasteiger charge is 2.30. The predicted octanol–water partition coefficient (Wildman–Crippen LogP) is 2.41. The van der Waals surface area contributed by atoms with E-state index in [4.69, 9.17) is 13.9 Å². The number of hydrogen-bond acceptors (Lipinski definition) is 10. The van der Waals surface area contributed by atoms with E-state index in [1.165, 1.54) is 38.2 Å². The molecule has 11 nitrogen and oxygen atoms in total. The Morgan fingerprint density at radius 1 is 1.09 bits per heavy atom. The summed E-state index contributed by atoms with van der Waals surface area (Å²) < 4.78 is 57.5. The summed E-state index contributed by atoms with van der Waals surface area (Å²) in [4.78, 5) is 11.8. The molecule has 0 unspecified atom stereocenters. The van der Waals surface area contributed by atoms with E-state index in [1.807, 2.05) is 0 Å². The molecule has 0 aliphatic heterocycles. The van der Waals surface area contributed by atoms with E-state index in [2.05, 4.69) is 25.1 Å². The van der Waals surface area contributed by atoms with Crippen LogP contribution < -0.4 is 9.47 Å². The molecule has 0 radical (unpaired) electrons. The third-order valence-corrected chi connectivity index (χ3v) is 7.12. The molecule has 0 aliphatic carbocycles.